The summed E-state index contributed by atoms with van der Waals surface area (Å²) in [6, 6.07) is 4.01. The van der Waals surface area contributed by atoms with Crippen LogP contribution in [0.25, 0.3) is 0 Å². The summed E-state index contributed by atoms with van der Waals surface area (Å²) in [6.07, 6.45) is 7.92. The molecule has 2 N–H and O–H groups in total. The molecule has 27 heavy (non-hydrogen) atoms. The van der Waals surface area contributed by atoms with Gasteiger partial charge in [0.15, 0.2) is 5.96 Å². The summed E-state index contributed by atoms with van der Waals surface area (Å²) >= 11 is 1.69. The maximum absolute atomic E-state index is 5.90. The van der Waals surface area contributed by atoms with Gasteiger partial charge < -0.3 is 15.4 Å². The minimum absolute atomic E-state index is 0. The Morgan fingerprint density at radius 1 is 1.30 bits per heavy atom. The first kappa shape index (κ1) is 21.9. The van der Waals surface area contributed by atoms with E-state index in [0.717, 1.165) is 53.9 Å². The molecule has 0 spiro atoms. The predicted octanol–water partition coefficient (Wildman–Crippen LogP) is 3.69. The molecule has 6 nitrogen and oxygen atoms in total. The van der Waals surface area contributed by atoms with E-state index in [4.69, 9.17) is 4.74 Å². The largest absolute Gasteiger partial charge is 0.474 e. The third-order valence-electron chi connectivity index (χ3n) is 4.41. The van der Waals surface area contributed by atoms with Crippen LogP contribution in [0.4, 0.5) is 0 Å². The van der Waals surface area contributed by atoms with Crippen molar-refractivity contribution in [2.75, 3.05) is 13.6 Å². The molecule has 0 radical (unpaired) electrons. The molecule has 1 aliphatic rings. The number of halogens is 1. The molecule has 0 atom stereocenters. The van der Waals surface area contributed by atoms with Gasteiger partial charge in [-0.2, -0.15) is 0 Å². The first-order chi connectivity index (χ1) is 12.7. The normalized spacial score (nSPS) is 14.7. The van der Waals surface area contributed by atoms with Crippen molar-refractivity contribution in [3.8, 4) is 5.88 Å². The number of thiazole rings is 1. The standard InChI is InChI=1S/C19H27N5OS.HI/c1-14-24-16(13-26-14)9-10-21-19(20-2)23-12-15-7-8-18(22-11-15)25-17-5-3-4-6-17;/h7-8,11,13,17H,3-6,9-10,12H2,1-2H3,(H2,20,21,23);1H. The Morgan fingerprint density at radius 3 is 2.74 bits per heavy atom. The van der Waals surface area contributed by atoms with Crippen LogP contribution in [-0.4, -0.2) is 35.6 Å². The van der Waals surface area contributed by atoms with Gasteiger partial charge in [0, 0.05) is 44.2 Å². The maximum Gasteiger partial charge on any atom is 0.213 e. The molecule has 2 heterocycles. The van der Waals surface area contributed by atoms with Crippen molar-refractivity contribution in [1.29, 1.82) is 0 Å². The van der Waals surface area contributed by atoms with Crippen molar-refractivity contribution < 1.29 is 4.74 Å². The smallest absolute Gasteiger partial charge is 0.213 e. The molecule has 0 unspecified atom stereocenters. The Morgan fingerprint density at radius 2 is 2.11 bits per heavy atom. The SMILES string of the molecule is CN=C(NCCc1csc(C)n1)NCc1ccc(OC2CCCC2)nc1.I. The molecule has 0 amide bonds. The van der Waals surface area contributed by atoms with Crippen molar-refractivity contribution >= 4 is 41.3 Å². The highest BCUT2D eigenvalue weighted by Gasteiger charge is 2.16. The summed E-state index contributed by atoms with van der Waals surface area (Å²) in [6.45, 7) is 3.50. The predicted molar refractivity (Wildman–Crippen MR) is 121 cm³/mol. The van der Waals surface area contributed by atoms with Crippen LogP contribution >= 0.6 is 35.3 Å². The molecule has 0 bridgehead atoms. The van der Waals surface area contributed by atoms with E-state index in [2.05, 4.69) is 37.0 Å². The first-order valence-electron chi connectivity index (χ1n) is 9.20. The monoisotopic (exact) mass is 501 g/mol. The van der Waals surface area contributed by atoms with Gasteiger partial charge in [-0.15, -0.1) is 35.3 Å². The average Bonchev–Trinajstić information content (AvgIpc) is 3.31. The second-order valence-electron chi connectivity index (χ2n) is 6.49. The van der Waals surface area contributed by atoms with Crippen LogP contribution in [-0.2, 0) is 13.0 Å². The Bertz CT molecular complexity index is 713. The third-order valence-corrected chi connectivity index (χ3v) is 5.23. The number of hydrogen-bond donors (Lipinski definition) is 2. The van der Waals surface area contributed by atoms with Gasteiger partial charge in [-0.05, 0) is 38.2 Å². The number of pyridine rings is 1. The van der Waals surface area contributed by atoms with Gasteiger partial charge in [-0.1, -0.05) is 6.07 Å². The van der Waals surface area contributed by atoms with Crippen molar-refractivity contribution in [2.45, 2.75) is 51.7 Å². The number of guanidine groups is 1. The van der Waals surface area contributed by atoms with E-state index < -0.39 is 0 Å². The van der Waals surface area contributed by atoms with Gasteiger partial charge in [0.1, 0.15) is 6.10 Å². The summed E-state index contributed by atoms with van der Waals surface area (Å²) in [5.74, 6) is 1.50. The van der Waals surface area contributed by atoms with Gasteiger partial charge >= 0.3 is 0 Å². The zero-order valence-electron chi connectivity index (χ0n) is 15.9. The fourth-order valence-electron chi connectivity index (χ4n) is 3.00. The highest BCUT2D eigenvalue weighted by atomic mass is 127. The lowest BCUT2D eigenvalue weighted by molar-refractivity contribution is 0.201. The second-order valence-corrected chi connectivity index (χ2v) is 7.55. The van der Waals surface area contributed by atoms with E-state index >= 15 is 0 Å². The minimum atomic E-state index is 0. The van der Waals surface area contributed by atoms with Crippen LogP contribution < -0.4 is 15.4 Å². The molecule has 1 saturated carbocycles. The number of aryl methyl sites for hydroxylation is 1. The fraction of sp³-hybridized carbons (Fsp3) is 0.526. The molecule has 2 aromatic heterocycles. The van der Waals surface area contributed by atoms with E-state index in [-0.39, 0.29) is 24.0 Å². The van der Waals surface area contributed by atoms with Gasteiger partial charge in [0.05, 0.1) is 10.7 Å². The summed E-state index contributed by atoms with van der Waals surface area (Å²) in [5.41, 5.74) is 2.22. The van der Waals surface area contributed by atoms with Crippen molar-refractivity contribution in [2.24, 2.45) is 4.99 Å². The lowest BCUT2D eigenvalue weighted by atomic mass is 10.3. The highest BCUT2D eigenvalue weighted by molar-refractivity contribution is 14.0. The molecule has 0 aliphatic heterocycles. The summed E-state index contributed by atoms with van der Waals surface area (Å²) in [5, 5.41) is 9.84. The third kappa shape index (κ3) is 7.25. The van der Waals surface area contributed by atoms with Crippen LogP contribution in [0.3, 0.4) is 0 Å². The maximum atomic E-state index is 5.90. The van der Waals surface area contributed by atoms with Crippen molar-refractivity contribution in [3.05, 3.63) is 40.0 Å². The van der Waals surface area contributed by atoms with E-state index in [1.54, 1.807) is 18.4 Å². The second kappa shape index (κ2) is 11.4. The van der Waals surface area contributed by atoms with Crippen LogP contribution in [0.15, 0.2) is 28.7 Å². The van der Waals surface area contributed by atoms with Gasteiger partial charge in [-0.3, -0.25) is 4.99 Å². The summed E-state index contributed by atoms with van der Waals surface area (Å²) < 4.78 is 5.90. The van der Waals surface area contributed by atoms with E-state index in [0.29, 0.717) is 12.6 Å². The Labute approximate surface area is 182 Å². The quantitative estimate of drug-likeness (QED) is 0.344. The molecule has 1 aliphatic carbocycles. The molecular weight excluding hydrogens is 473 g/mol. The van der Waals surface area contributed by atoms with Crippen LogP contribution in [0, 0.1) is 6.92 Å². The van der Waals surface area contributed by atoms with Crippen LogP contribution in [0.2, 0.25) is 0 Å². The molecule has 1 fully saturated rings. The number of nitrogens with zero attached hydrogens (tertiary/aromatic N) is 3. The van der Waals surface area contributed by atoms with Gasteiger partial charge in [0.25, 0.3) is 0 Å². The molecule has 3 rings (SSSR count). The molecule has 0 aromatic carbocycles. The number of nitrogens with one attached hydrogen (secondary N) is 2. The molecule has 8 heteroatoms. The van der Waals surface area contributed by atoms with E-state index in [1.165, 1.54) is 12.8 Å². The van der Waals surface area contributed by atoms with Crippen LogP contribution in [0.5, 0.6) is 5.88 Å². The van der Waals surface area contributed by atoms with Crippen molar-refractivity contribution in [3.63, 3.8) is 0 Å². The Kier molecular flexibility index (Phi) is 9.26. The fourth-order valence-corrected chi connectivity index (χ4v) is 3.65. The number of rotatable bonds is 7. The van der Waals surface area contributed by atoms with E-state index in [1.807, 2.05) is 19.2 Å². The van der Waals surface area contributed by atoms with Gasteiger partial charge in [0.2, 0.25) is 5.88 Å². The Balaban J connectivity index is 0.00000261. The zero-order chi connectivity index (χ0) is 18.2. The average molecular weight is 501 g/mol. The number of aromatic nitrogens is 2. The number of aliphatic imine (C=N–C) groups is 1. The highest BCUT2D eigenvalue weighted by Crippen LogP contribution is 2.22. The topological polar surface area (TPSA) is 71.4 Å². The first-order valence-corrected chi connectivity index (χ1v) is 10.1. The lowest BCUT2D eigenvalue weighted by Crippen LogP contribution is -2.37. The lowest BCUT2D eigenvalue weighted by Gasteiger charge is -2.13. The van der Waals surface area contributed by atoms with Crippen LogP contribution in [0.1, 0.15) is 41.9 Å². The number of hydrogen-bond acceptors (Lipinski definition) is 5. The molecule has 0 saturated heterocycles. The molecule has 2 aromatic rings. The minimum Gasteiger partial charge on any atom is -0.474 e. The molecular formula is C19H28IN5OS. The summed E-state index contributed by atoms with van der Waals surface area (Å²) in [7, 11) is 1.78. The Hall–Kier alpha value is -1.42. The molecule has 148 valence electrons. The van der Waals surface area contributed by atoms with Crippen molar-refractivity contribution in [1.82, 2.24) is 20.6 Å². The summed E-state index contributed by atoms with van der Waals surface area (Å²) in [4.78, 5) is 13.1. The zero-order valence-corrected chi connectivity index (χ0v) is 19.0. The number of ether oxygens (including phenoxy) is 1. The van der Waals surface area contributed by atoms with E-state index in [9.17, 15) is 0 Å². The van der Waals surface area contributed by atoms with Gasteiger partial charge in [-0.25, -0.2) is 9.97 Å².